The number of aromatic nitrogens is 2. The summed E-state index contributed by atoms with van der Waals surface area (Å²) in [5, 5.41) is 9.62. The van der Waals surface area contributed by atoms with Crippen molar-refractivity contribution in [2.45, 2.75) is 19.4 Å². The van der Waals surface area contributed by atoms with E-state index in [4.69, 9.17) is 4.74 Å². The SMILES string of the molecule is CC1(C)C=C(n2cc(O)ccc2=O)c2ccncc2O1. The van der Waals surface area contributed by atoms with Gasteiger partial charge in [-0.05, 0) is 32.1 Å². The quantitative estimate of drug-likeness (QED) is 0.861. The number of hydrogen-bond donors (Lipinski definition) is 1. The second-order valence-electron chi connectivity index (χ2n) is 5.20. The third-order valence-corrected chi connectivity index (χ3v) is 3.07. The fourth-order valence-electron chi connectivity index (χ4n) is 2.26. The van der Waals surface area contributed by atoms with E-state index in [-0.39, 0.29) is 11.3 Å². The molecule has 0 unspecified atom stereocenters. The van der Waals surface area contributed by atoms with Crippen molar-refractivity contribution < 1.29 is 9.84 Å². The monoisotopic (exact) mass is 270 g/mol. The zero-order chi connectivity index (χ0) is 14.3. The predicted octanol–water partition coefficient (Wildman–Crippen LogP) is 2.01. The average molecular weight is 270 g/mol. The summed E-state index contributed by atoms with van der Waals surface area (Å²) in [6.07, 6.45) is 6.52. The highest BCUT2D eigenvalue weighted by Gasteiger charge is 2.27. The molecule has 0 spiro atoms. The summed E-state index contributed by atoms with van der Waals surface area (Å²) in [7, 11) is 0. The summed E-state index contributed by atoms with van der Waals surface area (Å²) in [5.41, 5.74) is 0.678. The molecule has 0 amide bonds. The maximum Gasteiger partial charge on any atom is 0.255 e. The van der Waals surface area contributed by atoms with Gasteiger partial charge in [-0.1, -0.05) is 0 Å². The Hall–Kier alpha value is -2.56. The van der Waals surface area contributed by atoms with Crippen molar-refractivity contribution in [2.24, 2.45) is 0 Å². The molecule has 5 heteroatoms. The number of nitrogens with zero attached hydrogens (tertiary/aromatic N) is 2. The second kappa shape index (κ2) is 4.23. The van der Waals surface area contributed by atoms with E-state index in [0.29, 0.717) is 11.4 Å². The largest absolute Gasteiger partial charge is 0.506 e. The lowest BCUT2D eigenvalue weighted by Gasteiger charge is -2.31. The van der Waals surface area contributed by atoms with Gasteiger partial charge in [0.25, 0.3) is 5.56 Å². The normalized spacial score (nSPS) is 16.0. The molecule has 3 heterocycles. The van der Waals surface area contributed by atoms with Crippen molar-refractivity contribution in [3.8, 4) is 11.5 Å². The Kier molecular flexibility index (Phi) is 2.64. The fourth-order valence-corrected chi connectivity index (χ4v) is 2.26. The van der Waals surface area contributed by atoms with Crippen molar-refractivity contribution in [1.29, 1.82) is 0 Å². The Morgan fingerprint density at radius 1 is 1.30 bits per heavy atom. The molecule has 0 radical (unpaired) electrons. The van der Waals surface area contributed by atoms with E-state index in [1.807, 2.05) is 19.9 Å². The molecule has 0 aromatic carbocycles. The van der Waals surface area contributed by atoms with Crippen LogP contribution in [0.1, 0.15) is 19.4 Å². The molecule has 1 N–H and O–H groups in total. The van der Waals surface area contributed by atoms with Crippen LogP contribution in [0.15, 0.2) is 47.7 Å². The lowest BCUT2D eigenvalue weighted by atomic mass is 10.00. The van der Waals surface area contributed by atoms with Gasteiger partial charge in [0.15, 0.2) is 0 Å². The van der Waals surface area contributed by atoms with Gasteiger partial charge in [-0.3, -0.25) is 14.3 Å². The van der Waals surface area contributed by atoms with E-state index >= 15 is 0 Å². The molecule has 0 fully saturated rings. The number of hydrogen-bond acceptors (Lipinski definition) is 4. The molecule has 0 saturated heterocycles. The van der Waals surface area contributed by atoms with Crippen molar-refractivity contribution >= 4 is 5.70 Å². The Morgan fingerprint density at radius 3 is 2.90 bits per heavy atom. The Bertz CT molecular complexity index is 760. The van der Waals surface area contributed by atoms with E-state index in [1.54, 1.807) is 18.5 Å². The third-order valence-electron chi connectivity index (χ3n) is 3.07. The number of pyridine rings is 2. The first-order valence-corrected chi connectivity index (χ1v) is 6.25. The van der Waals surface area contributed by atoms with Gasteiger partial charge < -0.3 is 9.84 Å². The standard InChI is InChI=1S/C15H14N2O3/c1-15(2)7-12(11-5-6-16-8-13(11)20-15)17-9-10(18)3-4-14(17)19/h3-9,18H,1-2H3. The smallest absolute Gasteiger partial charge is 0.255 e. The molecule has 20 heavy (non-hydrogen) atoms. The van der Waals surface area contributed by atoms with E-state index in [2.05, 4.69) is 4.98 Å². The molecule has 0 saturated carbocycles. The van der Waals surface area contributed by atoms with Crippen LogP contribution >= 0.6 is 0 Å². The van der Waals surface area contributed by atoms with Crippen molar-refractivity contribution in [3.63, 3.8) is 0 Å². The van der Waals surface area contributed by atoms with Gasteiger partial charge >= 0.3 is 0 Å². The van der Waals surface area contributed by atoms with Crippen molar-refractivity contribution in [3.05, 3.63) is 58.8 Å². The van der Waals surface area contributed by atoms with E-state index < -0.39 is 5.60 Å². The highest BCUT2D eigenvalue weighted by molar-refractivity contribution is 5.73. The minimum absolute atomic E-state index is 0.0328. The number of aromatic hydroxyl groups is 1. The van der Waals surface area contributed by atoms with Gasteiger partial charge in [0.2, 0.25) is 0 Å². The molecular weight excluding hydrogens is 256 g/mol. The summed E-state index contributed by atoms with van der Waals surface area (Å²) < 4.78 is 7.24. The highest BCUT2D eigenvalue weighted by Crippen LogP contribution is 2.35. The first-order chi connectivity index (χ1) is 9.46. The van der Waals surface area contributed by atoms with Crippen molar-refractivity contribution in [1.82, 2.24) is 9.55 Å². The van der Waals surface area contributed by atoms with Gasteiger partial charge in [0, 0.05) is 17.8 Å². The first kappa shape index (κ1) is 12.5. The van der Waals surface area contributed by atoms with Crippen LogP contribution in [-0.4, -0.2) is 20.3 Å². The molecule has 1 aliphatic heterocycles. The summed E-state index contributed by atoms with van der Waals surface area (Å²) in [6, 6.07) is 4.49. The van der Waals surface area contributed by atoms with Crippen LogP contribution < -0.4 is 10.3 Å². The minimum Gasteiger partial charge on any atom is -0.506 e. The van der Waals surface area contributed by atoms with Crippen LogP contribution in [0, 0.1) is 0 Å². The average Bonchev–Trinajstić information content (AvgIpc) is 2.39. The molecule has 1 aliphatic rings. The molecule has 5 nitrogen and oxygen atoms in total. The maximum absolute atomic E-state index is 12.0. The lowest BCUT2D eigenvalue weighted by molar-refractivity contribution is 0.156. The van der Waals surface area contributed by atoms with Crippen LogP contribution in [0.2, 0.25) is 0 Å². The van der Waals surface area contributed by atoms with Crippen LogP contribution in [0.5, 0.6) is 11.5 Å². The topological polar surface area (TPSA) is 64.4 Å². The highest BCUT2D eigenvalue weighted by atomic mass is 16.5. The Balaban J connectivity index is 2.28. The van der Waals surface area contributed by atoms with Crippen LogP contribution in [0.25, 0.3) is 5.70 Å². The first-order valence-electron chi connectivity index (χ1n) is 6.25. The molecular formula is C15H14N2O3. The van der Waals surface area contributed by atoms with Gasteiger partial charge in [0.1, 0.15) is 17.1 Å². The zero-order valence-corrected chi connectivity index (χ0v) is 11.2. The molecule has 0 aliphatic carbocycles. The van der Waals surface area contributed by atoms with Crippen LogP contribution in [0.3, 0.4) is 0 Å². The maximum atomic E-state index is 12.0. The second-order valence-corrected chi connectivity index (χ2v) is 5.20. The number of fused-ring (bicyclic) bond motifs is 1. The summed E-state index contributed by atoms with van der Waals surface area (Å²) >= 11 is 0. The molecule has 0 atom stereocenters. The van der Waals surface area contributed by atoms with Gasteiger partial charge in [0.05, 0.1) is 18.1 Å². The van der Waals surface area contributed by atoms with Gasteiger partial charge in [-0.2, -0.15) is 0 Å². The molecule has 0 bridgehead atoms. The summed E-state index contributed by atoms with van der Waals surface area (Å²) in [4.78, 5) is 16.1. The van der Waals surface area contributed by atoms with E-state index in [1.165, 1.54) is 22.9 Å². The minimum atomic E-state index is -0.559. The van der Waals surface area contributed by atoms with E-state index in [9.17, 15) is 9.90 Å². The molecule has 3 rings (SSSR count). The molecule has 2 aromatic rings. The van der Waals surface area contributed by atoms with Crippen LogP contribution in [0.4, 0.5) is 0 Å². The van der Waals surface area contributed by atoms with Gasteiger partial charge in [-0.15, -0.1) is 0 Å². The number of rotatable bonds is 1. The summed E-state index contributed by atoms with van der Waals surface area (Å²) in [5.74, 6) is 0.649. The fraction of sp³-hybridized carbons (Fsp3) is 0.200. The van der Waals surface area contributed by atoms with Gasteiger partial charge in [-0.25, -0.2) is 0 Å². The number of ether oxygens (including phenoxy) is 1. The lowest BCUT2D eigenvalue weighted by Crippen LogP contribution is -2.32. The van der Waals surface area contributed by atoms with E-state index in [0.717, 1.165) is 5.56 Å². The molecule has 102 valence electrons. The van der Waals surface area contributed by atoms with Crippen LogP contribution in [-0.2, 0) is 0 Å². The molecule has 2 aromatic heterocycles. The Morgan fingerprint density at radius 2 is 2.10 bits per heavy atom. The zero-order valence-electron chi connectivity index (χ0n) is 11.2. The predicted molar refractivity (Wildman–Crippen MR) is 74.7 cm³/mol. The summed E-state index contributed by atoms with van der Waals surface area (Å²) in [6.45, 7) is 3.80. The Labute approximate surface area is 115 Å². The third kappa shape index (κ3) is 2.07. The van der Waals surface area contributed by atoms with Crippen molar-refractivity contribution in [2.75, 3.05) is 0 Å².